The van der Waals surface area contributed by atoms with E-state index in [2.05, 4.69) is 25.6 Å². The van der Waals surface area contributed by atoms with Gasteiger partial charge in [-0.05, 0) is 30.2 Å². The number of nitrogens with one attached hydrogen (secondary N) is 3. The number of H-pyrrole nitrogens is 1. The van der Waals surface area contributed by atoms with Crippen LogP contribution in [0.25, 0.3) is 10.9 Å². The van der Waals surface area contributed by atoms with Gasteiger partial charge in [0.25, 0.3) is 5.91 Å². The van der Waals surface area contributed by atoms with Crippen LogP contribution < -0.4 is 10.6 Å². The van der Waals surface area contributed by atoms with Gasteiger partial charge in [0.2, 0.25) is 5.91 Å². The lowest BCUT2D eigenvalue weighted by molar-refractivity contribution is -0.120. The summed E-state index contributed by atoms with van der Waals surface area (Å²) in [6.45, 7) is 0.223. The molecule has 0 aliphatic heterocycles. The Balaban J connectivity index is 1.46. The Morgan fingerprint density at radius 2 is 2.08 bits per heavy atom. The average molecular weight is 341 g/mol. The Labute approximate surface area is 142 Å². The number of carbonyl (C=O) groups excluding carboxylic acids is 2. The third-order valence-electron chi connectivity index (χ3n) is 3.65. The molecular weight excluding hydrogens is 325 g/mol. The molecule has 0 aliphatic rings. The molecule has 2 heterocycles. The van der Waals surface area contributed by atoms with E-state index < -0.39 is 5.91 Å². The van der Waals surface area contributed by atoms with Gasteiger partial charge in [-0.25, -0.2) is 9.37 Å². The lowest BCUT2D eigenvalue weighted by atomic mass is 10.1. The molecule has 2 aromatic heterocycles. The normalized spacial score (nSPS) is 10.6. The lowest BCUT2D eigenvalue weighted by Gasteiger charge is -2.06. The number of nitrogens with zero attached hydrogens (tertiary/aromatic N) is 2. The number of benzene rings is 1. The van der Waals surface area contributed by atoms with E-state index in [1.54, 1.807) is 12.3 Å². The molecule has 0 aliphatic carbocycles. The number of hydrogen-bond acceptors (Lipinski definition) is 4. The third kappa shape index (κ3) is 4.17. The Morgan fingerprint density at radius 1 is 1.20 bits per heavy atom. The molecule has 3 aromatic rings. The van der Waals surface area contributed by atoms with Gasteiger partial charge in [0, 0.05) is 36.0 Å². The Kier molecular flexibility index (Phi) is 4.98. The molecule has 1 aromatic carbocycles. The van der Waals surface area contributed by atoms with Crippen LogP contribution in [0.3, 0.4) is 0 Å². The number of aromatic nitrogens is 3. The molecule has 2 amide bonds. The van der Waals surface area contributed by atoms with Crippen LogP contribution in [0.2, 0.25) is 0 Å². The molecule has 0 spiro atoms. The highest BCUT2D eigenvalue weighted by molar-refractivity contribution is 5.94. The van der Waals surface area contributed by atoms with Crippen LogP contribution in [0.15, 0.2) is 43.0 Å². The van der Waals surface area contributed by atoms with Crippen LogP contribution in [0, 0.1) is 5.82 Å². The molecule has 8 heteroatoms. The number of hydrogen-bond donors (Lipinski definition) is 3. The van der Waals surface area contributed by atoms with Crippen molar-refractivity contribution in [3.8, 4) is 0 Å². The van der Waals surface area contributed by atoms with Gasteiger partial charge < -0.3 is 15.6 Å². The van der Waals surface area contributed by atoms with Gasteiger partial charge in [0.15, 0.2) is 0 Å². The van der Waals surface area contributed by atoms with Crippen molar-refractivity contribution in [2.75, 3.05) is 13.1 Å². The minimum Gasteiger partial charge on any atom is -0.361 e. The maximum Gasteiger partial charge on any atom is 0.271 e. The zero-order chi connectivity index (χ0) is 17.6. The van der Waals surface area contributed by atoms with Crippen molar-refractivity contribution in [2.24, 2.45) is 0 Å². The number of rotatable bonds is 6. The minimum atomic E-state index is -0.463. The van der Waals surface area contributed by atoms with E-state index in [-0.39, 0.29) is 24.0 Å². The number of amides is 2. The predicted octanol–water partition coefficient (Wildman–Crippen LogP) is 1.19. The summed E-state index contributed by atoms with van der Waals surface area (Å²) in [5.41, 5.74) is 1.91. The van der Waals surface area contributed by atoms with Gasteiger partial charge in [-0.1, -0.05) is 0 Å². The summed E-state index contributed by atoms with van der Waals surface area (Å²) in [6, 6.07) is 4.53. The van der Waals surface area contributed by atoms with E-state index >= 15 is 0 Å². The summed E-state index contributed by atoms with van der Waals surface area (Å²) >= 11 is 0. The van der Waals surface area contributed by atoms with Crippen molar-refractivity contribution in [3.05, 3.63) is 60.1 Å². The molecule has 3 rings (SSSR count). The highest BCUT2D eigenvalue weighted by Crippen LogP contribution is 2.19. The van der Waals surface area contributed by atoms with Crippen molar-refractivity contribution >= 4 is 22.7 Å². The first-order valence-electron chi connectivity index (χ1n) is 7.70. The second-order valence-corrected chi connectivity index (χ2v) is 5.38. The highest BCUT2D eigenvalue weighted by atomic mass is 19.1. The van der Waals surface area contributed by atoms with Crippen molar-refractivity contribution < 1.29 is 14.0 Å². The molecule has 0 fully saturated rings. The van der Waals surface area contributed by atoms with Crippen LogP contribution in [0.5, 0.6) is 0 Å². The monoisotopic (exact) mass is 341 g/mol. The number of carbonyl (C=O) groups is 2. The topological polar surface area (TPSA) is 99.8 Å². The summed E-state index contributed by atoms with van der Waals surface area (Å²) < 4.78 is 13.3. The van der Waals surface area contributed by atoms with E-state index in [0.29, 0.717) is 13.0 Å². The second kappa shape index (κ2) is 7.52. The molecule has 0 bridgehead atoms. The quantitative estimate of drug-likeness (QED) is 0.627. The summed E-state index contributed by atoms with van der Waals surface area (Å²) in [7, 11) is 0. The molecule has 0 saturated heterocycles. The standard InChI is InChI=1S/C17H16FN5O2/c18-12-1-2-14-13(7-12)11(8-22-14)3-4-21-16(24)10-23-17(25)15-9-19-5-6-20-15/h1-2,5-9,22H,3-4,10H2,(H,21,24)(H,23,25). The van der Waals surface area contributed by atoms with Crippen LogP contribution >= 0.6 is 0 Å². The molecular formula is C17H16FN5O2. The highest BCUT2D eigenvalue weighted by Gasteiger charge is 2.09. The van der Waals surface area contributed by atoms with Crippen molar-refractivity contribution in [3.63, 3.8) is 0 Å². The van der Waals surface area contributed by atoms with Gasteiger partial charge >= 0.3 is 0 Å². The Hall–Kier alpha value is -3.29. The zero-order valence-corrected chi connectivity index (χ0v) is 13.3. The summed E-state index contributed by atoms with van der Waals surface area (Å²) in [4.78, 5) is 34.2. The Morgan fingerprint density at radius 3 is 2.88 bits per heavy atom. The van der Waals surface area contributed by atoms with E-state index in [0.717, 1.165) is 16.5 Å². The zero-order valence-electron chi connectivity index (χ0n) is 13.3. The number of fused-ring (bicyclic) bond motifs is 1. The predicted molar refractivity (Wildman–Crippen MR) is 89.3 cm³/mol. The molecule has 3 N–H and O–H groups in total. The fourth-order valence-electron chi connectivity index (χ4n) is 2.42. The summed E-state index contributed by atoms with van der Waals surface area (Å²) in [5.74, 6) is -1.08. The molecule has 0 unspecified atom stereocenters. The van der Waals surface area contributed by atoms with Crippen molar-refractivity contribution in [1.82, 2.24) is 25.6 Å². The third-order valence-corrected chi connectivity index (χ3v) is 3.65. The van der Waals surface area contributed by atoms with Gasteiger partial charge in [-0.15, -0.1) is 0 Å². The molecule has 0 saturated carbocycles. The van der Waals surface area contributed by atoms with Gasteiger partial charge in [-0.2, -0.15) is 0 Å². The molecule has 0 atom stereocenters. The molecule has 7 nitrogen and oxygen atoms in total. The fraction of sp³-hybridized carbons (Fsp3) is 0.176. The second-order valence-electron chi connectivity index (χ2n) is 5.38. The SMILES string of the molecule is O=C(CNC(=O)c1cnccn1)NCCc1c[nH]c2ccc(F)cc12. The number of halogens is 1. The van der Waals surface area contributed by atoms with Gasteiger partial charge in [-0.3, -0.25) is 14.6 Å². The van der Waals surface area contributed by atoms with Gasteiger partial charge in [0.05, 0.1) is 12.7 Å². The summed E-state index contributed by atoms with van der Waals surface area (Å²) in [6.07, 6.45) is 6.53. The Bertz CT molecular complexity index is 894. The maximum atomic E-state index is 13.3. The number of aromatic amines is 1. The maximum absolute atomic E-state index is 13.3. The van der Waals surface area contributed by atoms with E-state index in [1.807, 2.05) is 0 Å². The minimum absolute atomic E-state index is 0.149. The molecule has 128 valence electrons. The van der Waals surface area contributed by atoms with E-state index in [9.17, 15) is 14.0 Å². The largest absolute Gasteiger partial charge is 0.361 e. The van der Waals surface area contributed by atoms with E-state index in [4.69, 9.17) is 0 Å². The van der Waals surface area contributed by atoms with Crippen LogP contribution in [0.1, 0.15) is 16.1 Å². The fourth-order valence-corrected chi connectivity index (χ4v) is 2.42. The van der Waals surface area contributed by atoms with Gasteiger partial charge in [0.1, 0.15) is 11.5 Å². The molecule has 0 radical (unpaired) electrons. The van der Waals surface area contributed by atoms with E-state index in [1.165, 1.54) is 30.7 Å². The first kappa shape index (κ1) is 16.6. The first-order valence-corrected chi connectivity index (χ1v) is 7.70. The molecule has 25 heavy (non-hydrogen) atoms. The first-order chi connectivity index (χ1) is 12.1. The average Bonchev–Trinajstić information content (AvgIpc) is 3.02. The van der Waals surface area contributed by atoms with Crippen LogP contribution in [0.4, 0.5) is 4.39 Å². The van der Waals surface area contributed by atoms with Crippen LogP contribution in [-0.2, 0) is 11.2 Å². The van der Waals surface area contributed by atoms with Crippen molar-refractivity contribution in [2.45, 2.75) is 6.42 Å². The van der Waals surface area contributed by atoms with Crippen LogP contribution in [-0.4, -0.2) is 39.9 Å². The lowest BCUT2D eigenvalue weighted by Crippen LogP contribution is -2.38. The van der Waals surface area contributed by atoms with Crippen molar-refractivity contribution in [1.29, 1.82) is 0 Å². The smallest absolute Gasteiger partial charge is 0.271 e. The summed E-state index contributed by atoms with van der Waals surface area (Å²) in [5, 5.41) is 5.98.